The molecule has 0 fully saturated rings. The Kier molecular flexibility index (Phi) is 6.65. The number of thioether (sulfide) groups is 1. The standard InChI is InChI=1S/C15H17F3N4OS2/c1-3-22(4-2)12(23)9-24-14-21-20-13(25-14)19-11-8-6-5-7-10(11)15(16,17)18/h5-8H,3-4,9H2,1-2H3,(H,19,20). The zero-order valence-corrected chi connectivity index (χ0v) is 15.3. The fraction of sp³-hybridized carbons (Fsp3) is 0.400. The molecule has 10 heteroatoms. The molecule has 25 heavy (non-hydrogen) atoms. The Morgan fingerprint density at radius 1 is 1.24 bits per heavy atom. The highest BCUT2D eigenvalue weighted by Crippen LogP contribution is 2.36. The lowest BCUT2D eigenvalue weighted by Gasteiger charge is -2.17. The predicted molar refractivity (Wildman–Crippen MR) is 93.3 cm³/mol. The molecule has 1 amide bonds. The van der Waals surface area contributed by atoms with Crippen molar-refractivity contribution in [2.45, 2.75) is 24.4 Å². The molecule has 0 saturated heterocycles. The summed E-state index contributed by atoms with van der Waals surface area (Å²) in [7, 11) is 0. The molecule has 1 heterocycles. The summed E-state index contributed by atoms with van der Waals surface area (Å²) in [4.78, 5) is 13.7. The molecular formula is C15H17F3N4OS2. The van der Waals surface area contributed by atoms with Gasteiger partial charge in [-0.25, -0.2) is 0 Å². The van der Waals surface area contributed by atoms with Gasteiger partial charge in [-0.15, -0.1) is 10.2 Å². The Balaban J connectivity index is 2.02. The van der Waals surface area contributed by atoms with Crippen molar-refractivity contribution in [1.29, 1.82) is 0 Å². The lowest BCUT2D eigenvalue weighted by molar-refractivity contribution is -0.137. The highest BCUT2D eigenvalue weighted by atomic mass is 32.2. The predicted octanol–water partition coefficient (Wildman–Crippen LogP) is 4.26. The normalized spacial score (nSPS) is 11.4. The average molecular weight is 390 g/mol. The molecule has 0 unspecified atom stereocenters. The number of halogens is 3. The van der Waals surface area contributed by atoms with Crippen LogP contribution in [0.1, 0.15) is 19.4 Å². The molecule has 0 bridgehead atoms. The molecule has 0 aliphatic rings. The van der Waals surface area contributed by atoms with Gasteiger partial charge in [0.05, 0.1) is 17.0 Å². The highest BCUT2D eigenvalue weighted by Gasteiger charge is 2.33. The number of hydrogen-bond donors (Lipinski definition) is 1. The maximum absolute atomic E-state index is 13.0. The molecule has 136 valence electrons. The van der Waals surface area contributed by atoms with E-state index < -0.39 is 11.7 Å². The van der Waals surface area contributed by atoms with E-state index in [-0.39, 0.29) is 22.5 Å². The zero-order valence-electron chi connectivity index (χ0n) is 13.6. The molecule has 0 aliphatic heterocycles. The molecule has 2 rings (SSSR count). The van der Waals surface area contributed by atoms with Crippen LogP contribution in [-0.2, 0) is 11.0 Å². The molecule has 1 aromatic carbocycles. The van der Waals surface area contributed by atoms with Gasteiger partial charge in [0.1, 0.15) is 0 Å². The van der Waals surface area contributed by atoms with Gasteiger partial charge in [-0.2, -0.15) is 13.2 Å². The second-order valence-corrected chi connectivity index (χ2v) is 7.10. The number of nitrogens with one attached hydrogen (secondary N) is 1. The van der Waals surface area contributed by atoms with Gasteiger partial charge in [0.15, 0.2) is 4.34 Å². The third kappa shape index (κ3) is 5.33. The Morgan fingerprint density at radius 2 is 1.92 bits per heavy atom. The maximum Gasteiger partial charge on any atom is 0.418 e. The van der Waals surface area contributed by atoms with E-state index in [0.29, 0.717) is 17.4 Å². The van der Waals surface area contributed by atoms with E-state index >= 15 is 0 Å². The fourth-order valence-electron chi connectivity index (χ4n) is 2.06. The van der Waals surface area contributed by atoms with Gasteiger partial charge in [-0.1, -0.05) is 35.2 Å². The van der Waals surface area contributed by atoms with Gasteiger partial charge in [-0.3, -0.25) is 4.79 Å². The first kappa shape index (κ1) is 19.5. The van der Waals surface area contributed by atoms with Crippen molar-refractivity contribution in [1.82, 2.24) is 15.1 Å². The minimum atomic E-state index is -4.46. The van der Waals surface area contributed by atoms with Gasteiger partial charge in [-0.05, 0) is 26.0 Å². The summed E-state index contributed by atoms with van der Waals surface area (Å²) in [6.45, 7) is 5.06. The monoisotopic (exact) mass is 390 g/mol. The van der Waals surface area contributed by atoms with E-state index in [1.54, 1.807) is 4.90 Å². The van der Waals surface area contributed by atoms with Crippen LogP contribution in [0.15, 0.2) is 28.6 Å². The Morgan fingerprint density at radius 3 is 2.56 bits per heavy atom. The number of hydrogen-bond acceptors (Lipinski definition) is 6. The van der Waals surface area contributed by atoms with Crippen molar-refractivity contribution >= 4 is 39.8 Å². The van der Waals surface area contributed by atoms with Crippen LogP contribution < -0.4 is 5.32 Å². The summed E-state index contributed by atoms with van der Waals surface area (Å²) in [6, 6.07) is 5.17. The van der Waals surface area contributed by atoms with E-state index in [1.807, 2.05) is 13.8 Å². The van der Waals surface area contributed by atoms with Gasteiger partial charge in [0.2, 0.25) is 11.0 Å². The third-order valence-electron chi connectivity index (χ3n) is 3.32. The minimum absolute atomic E-state index is 0.0119. The van der Waals surface area contributed by atoms with E-state index in [9.17, 15) is 18.0 Å². The molecule has 0 aliphatic carbocycles. The fourth-order valence-corrected chi connectivity index (χ4v) is 3.73. The van der Waals surface area contributed by atoms with Crippen LogP contribution in [0.5, 0.6) is 0 Å². The summed E-state index contributed by atoms with van der Waals surface area (Å²) >= 11 is 2.33. The van der Waals surface area contributed by atoms with E-state index in [4.69, 9.17) is 0 Å². The van der Waals surface area contributed by atoms with Crippen molar-refractivity contribution in [2.24, 2.45) is 0 Å². The lowest BCUT2D eigenvalue weighted by atomic mass is 10.2. The number of aromatic nitrogens is 2. The Labute approximate surface area is 151 Å². The van der Waals surface area contributed by atoms with E-state index in [0.717, 1.165) is 17.4 Å². The summed E-state index contributed by atoms with van der Waals surface area (Å²) < 4.78 is 39.5. The summed E-state index contributed by atoms with van der Waals surface area (Å²) in [5.41, 5.74) is -0.849. The Hall–Kier alpha value is -1.81. The first-order valence-electron chi connectivity index (χ1n) is 7.52. The molecule has 0 saturated carbocycles. The first-order valence-corrected chi connectivity index (χ1v) is 9.32. The lowest BCUT2D eigenvalue weighted by Crippen LogP contribution is -2.31. The van der Waals surface area contributed by atoms with Crippen LogP contribution in [0.2, 0.25) is 0 Å². The number of amides is 1. The zero-order chi connectivity index (χ0) is 18.4. The number of carbonyl (C=O) groups is 1. The SMILES string of the molecule is CCN(CC)C(=O)CSc1nnc(Nc2ccccc2C(F)(F)F)s1. The van der Waals surface area contributed by atoms with Crippen LogP contribution in [0.3, 0.4) is 0 Å². The number of rotatable bonds is 7. The van der Waals surface area contributed by atoms with Crippen molar-refractivity contribution in [3.05, 3.63) is 29.8 Å². The average Bonchev–Trinajstić information content (AvgIpc) is 3.01. The smallest absolute Gasteiger partial charge is 0.343 e. The molecule has 0 radical (unpaired) electrons. The third-order valence-corrected chi connectivity index (χ3v) is 5.27. The Bertz CT molecular complexity index is 717. The van der Waals surface area contributed by atoms with Crippen LogP contribution in [0.4, 0.5) is 24.0 Å². The van der Waals surface area contributed by atoms with Gasteiger partial charge in [0, 0.05) is 13.1 Å². The van der Waals surface area contributed by atoms with Crippen LogP contribution >= 0.6 is 23.1 Å². The summed E-state index contributed by atoms with van der Waals surface area (Å²) in [5, 5.41) is 10.6. The van der Waals surface area contributed by atoms with Gasteiger partial charge < -0.3 is 10.2 Å². The summed E-state index contributed by atoms with van der Waals surface area (Å²) in [5.74, 6) is 0.206. The van der Waals surface area contributed by atoms with Crippen LogP contribution in [0.25, 0.3) is 0 Å². The molecular weight excluding hydrogens is 373 g/mol. The largest absolute Gasteiger partial charge is 0.418 e. The van der Waals surface area contributed by atoms with E-state index in [1.165, 1.54) is 30.0 Å². The number of anilines is 2. The van der Waals surface area contributed by atoms with Crippen LogP contribution in [0, 0.1) is 0 Å². The molecule has 1 aromatic heterocycles. The number of carbonyl (C=O) groups excluding carboxylic acids is 1. The van der Waals surface area contributed by atoms with Crippen molar-refractivity contribution in [2.75, 3.05) is 24.2 Å². The van der Waals surface area contributed by atoms with Crippen molar-refractivity contribution in [3.63, 3.8) is 0 Å². The molecule has 1 N–H and O–H groups in total. The quantitative estimate of drug-likeness (QED) is 0.716. The second-order valence-electron chi connectivity index (χ2n) is 4.90. The van der Waals surface area contributed by atoms with Gasteiger partial charge in [0.25, 0.3) is 0 Å². The molecule has 2 aromatic rings. The molecule has 0 atom stereocenters. The number of alkyl halides is 3. The van der Waals surface area contributed by atoms with E-state index in [2.05, 4.69) is 15.5 Å². The highest BCUT2D eigenvalue weighted by molar-refractivity contribution is 8.01. The maximum atomic E-state index is 13.0. The number of nitrogens with zero attached hydrogens (tertiary/aromatic N) is 3. The first-order chi connectivity index (χ1) is 11.8. The molecule has 5 nitrogen and oxygen atoms in total. The topological polar surface area (TPSA) is 58.1 Å². The second kappa shape index (κ2) is 8.52. The number of para-hydroxylation sites is 1. The summed E-state index contributed by atoms with van der Waals surface area (Å²) in [6.07, 6.45) is -4.46. The van der Waals surface area contributed by atoms with Gasteiger partial charge >= 0.3 is 6.18 Å². The minimum Gasteiger partial charge on any atom is -0.343 e. The number of benzene rings is 1. The molecule has 0 spiro atoms. The van der Waals surface area contributed by atoms with Crippen molar-refractivity contribution < 1.29 is 18.0 Å². The van der Waals surface area contributed by atoms with Crippen molar-refractivity contribution in [3.8, 4) is 0 Å². The van der Waals surface area contributed by atoms with Crippen LogP contribution in [-0.4, -0.2) is 39.8 Å².